The van der Waals surface area contributed by atoms with E-state index in [0.29, 0.717) is 18.4 Å². The minimum Gasteiger partial charge on any atom is -0.486 e. The Labute approximate surface area is 147 Å². The molecule has 3 N–H and O–H groups in total. The maximum absolute atomic E-state index is 6.15. The third-order valence-electron chi connectivity index (χ3n) is 4.59. The summed E-state index contributed by atoms with van der Waals surface area (Å²) in [4.78, 5) is 11.1. The summed E-state index contributed by atoms with van der Waals surface area (Å²) in [6.07, 6.45) is 3.44. The molecule has 0 spiro atoms. The number of nitrogens with one attached hydrogen (secondary N) is 1. The van der Waals surface area contributed by atoms with Gasteiger partial charge in [-0.05, 0) is 25.0 Å². The van der Waals surface area contributed by atoms with Crippen LogP contribution in [-0.4, -0.2) is 48.9 Å². The summed E-state index contributed by atoms with van der Waals surface area (Å²) in [5.74, 6) is 2.88. The molecule has 7 heteroatoms. The first-order valence-electron chi connectivity index (χ1n) is 8.75. The largest absolute Gasteiger partial charge is 0.486 e. The van der Waals surface area contributed by atoms with Gasteiger partial charge in [0.05, 0.1) is 0 Å². The average molecular weight is 341 g/mol. The third-order valence-corrected chi connectivity index (χ3v) is 4.59. The standard InChI is InChI=1S/C18H23N5O2/c19-17-13(11-21-18(22-17)23-9-7-20-8-10-23)5-6-14-12-24-15-3-1-2-4-16(15)25-14/h1-4,11,14,20H,5-10,12H2,(H2,19,21,22). The van der Waals surface area contributed by atoms with E-state index in [1.807, 2.05) is 30.5 Å². The van der Waals surface area contributed by atoms with Gasteiger partial charge in [0.15, 0.2) is 11.5 Å². The van der Waals surface area contributed by atoms with Crippen molar-refractivity contribution in [2.75, 3.05) is 43.4 Å². The van der Waals surface area contributed by atoms with Crippen LogP contribution in [0.25, 0.3) is 0 Å². The summed E-state index contributed by atoms with van der Waals surface area (Å²) in [5, 5.41) is 3.32. The number of anilines is 2. The van der Waals surface area contributed by atoms with E-state index in [2.05, 4.69) is 20.2 Å². The minimum absolute atomic E-state index is 0.0159. The number of nitrogens with zero attached hydrogens (tertiary/aromatic N) is 3. The lowest BCUT2D eigenvalue weighted by Crippen LogP contribution is -2.44. The second kappa shape index (κ2) is 7.14. The Balaban J connectivity index is 1.37. The fourth-order valence-electron chi connectivity index (χ4n) is 3.14. The molecule has 1 saturated heterocycles. The van der Waals surface area contributed by atoms with Gasteiger partial charge in [0, 0.05) is 37.9 Å². The van der Waals surface area contributed by atoms with E-state index in [1.165, 1.54) is 0 Å². The zero-order chi connectivity index (χ0) is 17.1. The smallest absolute Gasteiger partial charge is 0.227 e. The Morgan fingerprint density at radius 1 is 1.20 bits per heavy atom. The predicted octanol–water partition coefficient (Wildman–Crippen LogP) is 1.24. The first-order chi connectivity index (χ1) is 12.3. The van der Waals surface area contributed by atoms with Crippen LogP contribution in [0.3, 0.4) is 0 Å². The lowest BCUT2D eigenvalue weighted by atomic mass is 10.1. The first kappa shape index (κ1) is 16.0. The number of benzene rings is 1. The van der Waals surface area contributed by atoms with Crippen molar-refractivity contribution in [3.8, 4) is 11.5 Å². The van der Waals surface area contributed by atoms with Crippen molar-refractivity contribution in [2.24, 2.45) is 0 Å². The highest BCUT2D eigenvalue weighted by Gasteiger charge is 2.21. The van der Waals surface area contributed by atoms with Gasteiger partial charge in [-0.2, -0.15) is 4.98 Å². The lowest BCUT2D eigenvalue weighted by molar-refractivity contribution is 0.0851. The minimum atomic E-state index is 0.0159. The topological polar surface area (TPSA) is 85.5 Å². The molecule has 0 amide bonds. The molecule has 4 rings (SSSR count). The number of para-hydroxylation sites is 2. The summed E-state index contributed by atoms with van der Waals surface area (Å²) in [7, 11) is 0. The van der Waals surface area contributed by atoms with Gasteiger partial charge >= 0.3 is 0 Å². The van der Waals surface area contributed by atoms with Crippen molar-refractivity contribution in [1.29, 1.82) is 0 Å². The Morgan fingerprint density at radius 3 is 2.80 bits per heavy atom. The van der Waals surface area contributed by atoms with E-state index < -0.39 is 0 Å². The molecule has 1 aromatic heterocycles. The Kier molecular flexibility index (Phi) is 4.56. The molecule has 1 unspecified atom stereocenters. The van der Waals surface area contributed by atoms with E-state index >= 15 is 0 Å². The van der Waals surface area contributed by atoms with Crippen molar-refractivity contribution in [3.63, 3.8) is 0 Å². The fraction of sp³-hybridized carbons (Fsp3) is 0.444. The molecule has 0 radical (unpaired) electrons. The van der Waals surface area contributed by atoms with Crippen LogP contribution in [0.2, 0.25) is 0 Å². The second-order valence-electron chi connectivity index (χ2n) is 6.35. The number of aromatic nitrogens is 2. The molecule has 0 bridgehead atoms. The number of nitrogens with two attached hydrogens (primary N) is 1. The molecule has 1 aromatic carbocycles. The number of piperazine rings is 1. The summed E-state index contributed by atoms with van der Waals surface area (Å²) in [6.45, 7) is 4.27. The molecule has 132 valence electrons. The van der Waals surface area contributed by atoms with E-state index in [1.54, 1.807) is 0 Å². The number of ether oxygens (including phenoxy) is 2. The zero-order valence-corrected chi connectivity index (χ0v) is 14.1. The van der Waals surface area contributed by atoms with Gasteiger partial charge in [0.25, 0.3) is 0 Å². The van der Waals surface area contributed by atoms with Crippen LogP contribution in [0.15, 0.2) is 30.5 Å². The van der Waals surface area contributed by atoms with Gasteiger partial charge in [-0.1, -0.05) is 12.1 Å². The highest BCUT2D eigenvalue weighted by atomic mass is 16.6. The fourth-order valence-corrected chi connectivity index (χ4v) is 3.14. The van der Waals surface area contributed by atoms with Crippen molar-refractivity contribution in [1.82, 2.24) is 15.3 Å². The van der Waals surface area contributed by atoms with Crippen LogP contribution in [0.1, 0.15) is 12.0 Å². The maximum atomic E-state index is 6.15. The van der Waals surface area contributed by atoms with Crippen LogP contribution in [-0.2, 0) is 6.42 Å². The van der Waals surface area contributed by atoms with Crippen LogP contribution < -0.4 is 25.4 Å². The summed E-state index contributed by atoms with van der Waals surface area (Å²) in [6, 6.07) is 7.75. The number of aryl methyl sites for hydroxylation is 1. The van der Waals surface area contributed by atoms with Gasteiger partial charge < -0.3 is 25.4 Å². The number of nitrogen functional groups attached to an aromatic ring is 1. The first-order valence-corrected chi connectivity index (χ1v) is 8.75. The highest BCUT2D eigenvalue weighted by Crippen LogP contribution is 2.32. The third kappa shape index (κ3) is 3.61. The summed E-state index contributed by atoms with van der Waals surface area (Å²) < 4.78 is 11.7. The second-order valence-corrected chi connectivity index (χ2v) is 6.35. The van der Waals surface area contributed by atoms with E-state index in [-0.39, 0.29) is 6.10 Å². The molecule has 1 atom stereocenters. The van der Waals surface area contributed by atoms with E-state index in [9.17, 15) is 0 Å². The molecule has 2 aromatic rings. The van der Waals surface area contributed by atoms with Gasteiger partial charge in [-0.25, -0.2) is 4.98 Å². The van der Waals surface area contributed by atoms with Crippen molar-refractivity contribution in [2.45, 2.75) is 18.9 Å². The maximum Gasteiger partial charge on any atom is 0.227 e. The summed E-state index contributed by atoms with van der Waals surface area (Å²) in [5.41, 5.74) is 7.11. The Bertz CT molecular complexity index is 733. The van der Waals surface area contributed by atoms with Crippen LogP contribution in [0.4, 0.5) is 11.8 Å². The molecule has 0 aliphatic carbocycles. The number of rotatable bonds is 4. The van der Waals surface area contributed by atoms with Crippen molar-refractivity contribution >= 4 is 11.8 Å². The molecule has 1 fully saturated rings. The van der Waals surface area contributed by atoms with Crippen molar-refractivity contribution < 1.29 is 9.47 Å². The van der Waals surface area contributed by atoms with Gasteiger partial charge in [-0.15, -0.1) is 0 Å². The Morgan fingerprint density at radius 2 is 2.00 bits per heavy atom. The normalized spacial score (nSPS) is 19.7. The number of fused-ring (bicyclic) bond motifs is 1. The van der Waals surface area contributed by atoms with Gasteiger partial charge in [0.2, 0.25) is 5.95 Å². The number of hydrogen-bond donors (Lipinski definition) is 2. The summed E-state index contributed by atoms with van der Waals surface area (Å²) >= 11 is 0. The molecular formula is C18H23N5O2. The SMILES string of the molecule is Nc1nc(N2CCNCC2)ncc1CCC1COc2ccccc2O1. The molecular weight excluding hydrogens is 318 g/mol. The number of hydrogen-bond acceptors (Lipinski definition) is 7. The molecule has 25 heavy (non-hydrogen) atoms. The van der Waals surface area contributed by atoms with Gasteiger partial charge in [0.1, 0.15) is 18.5 Å². The van der Waals surface area contributed by atoms with E-state index in [4.69, 9.17) is 15.2 Å². The van der Waals surface area contributed by atoms with Crippen LogP contribution in [0.5, 0.6) is 11.5 Å². The van der Waals surface area contributed by atoms with Crippen LogP contribution in [0, 0.1) is 0 Å². The lowest BCUT2D eigenvalue weighted by Gasteiger charge is -2.28. The monoisotopic (exact) mass is 341 g/mol. The van der Waals surface area contributed by atoms with Crippen molar-refractivity contribution in [3.05, 3.63) is 36.0 Å². The highest BCUT2D eigenvalue weighted by molar-refractivity contribution is 5.45. The molecule has 2 aliphatic rings. The average Bonchev–Trinajstić information content (AvgIpc) is 2.67. The molecule has 0 saturated carbocycles. The molecule has 7 nitrogen and oxygen atoms in total. The quantitative estimate of drug-likeness (QED) is 0.865. The zero-order valence-electron chi connectivity index (χ0n) is 14.1. The van der Waals surface area contributed by atoms with Gasteiger partial charge in [-0.3, -0.25) is 0 Å². The Hall–Kier alpha value is -2.54. The predicted molar refractivity (Wildman–Crippen MR) is 96.2 cm³/mol. The van der Waals surface area contributed by atoms with Crippen LogP contribution >= 0.6 is 0 Å². The molecule has 2 aliphatic heterocycles. The molecule has 3 heterocycles. The van der Waals surface area contributed by atoms with E-state index in [0.717, 1.165) is 56.1 Å².